The van der Waals surface area contributed by atoms with Crippen molar-refractivity contribution < 1.29 is 19.0 Å². The summed E-state index contributed by atoms with van der Waals surface area (Å²) in [4.78, 5) is 17.0. The van der Waals surface area contributed by atoms with E-state index in [-0.39, 0.29) is 11.3 Å². The third-order valence-electron chi connectivity index (χ3n) is 9.85. The number of ether oxygens (including phenoxy) is 1. The van der Waals surface area contributed by atoms with Gasteiger partial charge in [0.1, 0.15) is 17.5 Å². The lowest BCUT2D eigenvalue weighted by molar-refractivity contribution is -0.144. The maximum Gasteiger partial charge on any atom is 0.329 e. The van der Waals surface area contributed by atoms with Gasteiger partial charge in [-0.1, -0.05) is 48.9 Å². The first-order valence-corrected chi connectivity index (χ1v) is 15.3. The number of carboxylic acid groups (broad SMARTS) is 1. The van der Waals surface area contributed by atoms with Crippen molar-refractivity contribution in [3.05, 3.63) is 88.2 Å². The largest absolute Gasteiger partial charge is 0.493 e. The number of anilines is 1. The van der Waals surface area contributed by atoms with Crippen LogP contribution in [0.3, 0.4) is 0 Å². The summed E-state index contributed by atoms with van der Waals surface area (Å²) >= 11 is 6.20. The van der Waals surface area contributed by atoms with Gasteiger partial charge in [0.15, 0.2) is 0 Å². The van der Waals surface area contributed by atoms with Crippen LogP contribution in [0.4, 0.5) is 10.1 Å². The Balaban J connectivity index is 1.19. The van der Waals surface area contributed by atoms with E-state index >= 15 is 0 Å². The Morgan fingerprint density at radius 3 is 2.76 bits per heavy atom. The third-order valence-corrected chi connectivity index (χ3v) is 10.1. The van der Waals surface area contributed by atoms with Crippen LogP contribution in [0.2, 0.25) is 5.02 Å². The molecule has 3 atom stereocenters. The molecular formula is C34H38ClFN2O3. The van der Waals surface area contributed by atoms with E-state index in [1.54, 1.807) is 18.3 Å². The van der Waals surface area contributed by atoms with E-state index in [1.165, 1.54) is 11.1 Å². The molecule has 216 valence electrons. The molecule has 0 bridgehead atoms. The van der Waals surface area contributed by atoms with Gasteiger partial charge in [-0.3, -0.25) is 4.98 Å². The zero-order valence-corrected chi connectivity index (χ0v) is 24.3. The first kappa shape index (κ1) is 28.0. The number of aromatic nitrogens is 1. The number of fused-ring (bicyclic) bond motifs is 3. The Kier molecular flexibility index (Phi) is 7.71. The second kappa shape index (κ2) is 11.3. The zero-order chi connectivity index (χ0) is 28.6. The number of halogens is 2. The minimum absolute atomic E-state index is 0.0584. The molecule has 41 heavy (non-hydrogen) atoms. The Labute approximate surface area is 246 Å². The normalized spacial score (nSPS) is 27.6. The second-order valence-electron chi connectivity index (χ2n) is 12.4. The molecule has 1 fully saturated rings. The summed E-state index contributed by atoms with van der Waals surface area (Å²) in [7, 11) is 0. The molecular weight excluding hydrogens is 539 g/mol. The Bertz CT molecular complexity index is 1420. The molecule has 5 nitrogen and oxygen atoms in total. The molecule has 1 saturated carbocycles. The van der Waals surface area contributed by atoms with Crippen molar-refractivity contribution in [2.24, 2.45) is 11.8 Å². The molecule has 0 radical (unpaired) electrons. The SMILES string of the molecule is C[C@@H](COc1ccnc2c1CCC[C@@H]2F)CC1Cc2ccccc2C12CCC(Nc1cccc(Cl)c1)(C(=O)O)CC2. The molecule has 1 spiro atoms. The van der Waals surface area contributed by atoms with Gasteiger partial charge in [0.25, 0.3) is 0 Å². The predicted octanol–water partition coefficient (Wildman–Crippen LogP) is 8.11. The van der Waals surface area contributed by atoms with Crippen molar-refractivity contribution in [1.29, 1.82) is 0 Å². The lowest BCUT2D eigenvalue weighted by Crippen LogP contribution is -2.53. The first-order valence-electron chi connectivity index (χ1n) is 14.9. The Morgan fingerprint density at radius 1 is 1.17 bits per heavy atom. The van der Waals surface area contributed by atoms with E-state index in [9.17, 15) is 14.3 Å². The van der Waals surface area contributed by atoms with Crippen molar-refractivity contribution in [3.8, 4) is 5.75 Å². The van der Waals surface area contributed by atoms with Crippen molar-refractivity contribution in [1.82, 2.24) is 4.98 Å². The second-order valence-corrected chi connectivity index (χ2v) is 12.9. The highest BCUT2D eigenvalue weighted by molar-refractivity contribution is 6.30. The van der Waals surface area contributed by atoms with E-state index in [0.29, 0.717) is 42.5 Å². The van der Waals surface area contributed by atoms with Crippen molar-refractivity contribution in [2.45, 2.75) is 81.8 Å². The summed E-state index contributed by atoms with van der Waals surface area (Å²) in [6.07, 6.45) is 7.48. The van der Waals surface area contributed by atoms with Crippen LogP contribution >= 0.6 is 11.6 Å². The summed E-state index contributed by atoms with van der Waals surface area (Å²) in [6.45, 7) is 2.79. The molecule has 1 heterocycles. The fraction of sp³-hybridized carbons (Fsp3) is 0.471. The molecule has 2 aromatic carbocycles. The maximum atomic E-state index is 14.4. The topological polar surface area (TPSA) is 71.5 Å². The van der Waals surface area contributed by atoms with E-state index in [1.807, 2.05) is 18.2 Å². The molecule has 1 unspecified atom stereocenters. The predicted molar refractivity (Wildman–Crippen MR) is 160 cm³/mol. The van der Waals surface area contributed by atoms with Gasteiger partial charge in [0, 0.05) is 22.5 Å². The number of hydrogen-bond acceptors (Lipinski definition) is 4. The van der Waals surface area contributed by atoms with E-state index in [0.717, 1.165) is 55.5 Å². The molecule has 7 heteroatoms. The van der Waals surface area contributed by atoms with Gasteiger partial charge in [0.05, 0.1) is 12.3 Å². The average Bonchev–Trinajstić information content (AvgIpc) is 3.25. The van der Waals surface area contributed by atoms with Crippen molar-refractivity contribution >= 4 is 23.3 Å². The lowest BCUT2D eigenvalue weighted by Gasteiger charge is -2.47. The molecule has 3 aromatic rings. The van der Waals surface area contributed by atoms with Gasteiger partial charge in [-0.15, -0.1) is 0 Å². The van der Waals surface area contributed by atoms with E-state index < -0.39 is 17.7 Å². The smallest absolute Gasteiger partial charge is 0.329 e. The Hall–Kier alpha value is -3.12. The van der Waals surface area contributed by atoms with Gasteiger partial charge in [-0.05, 0) is 110 Å². The van der Waals surface area contributed by atoms with Gasteiger partial charge in [-0.25, -0.2) is 9.18 Å². The minimum Gasteiger partial charge on any atom is -0.493 e. The molecule has 3 aliphatic carbocycles. The quantitative estimate of drug-likeness (QED) is 0.283. The highest BCUT2D eigenvalue weighted by Gasteiger charge is 2.54. The number of benzene rings is 2. The maximum absolute atomic E-state index is 14.4. The van der Waals surface area contributed by atoms with Crippen molar-refractivity contribution in [3.63, 3.8) is 0 Å². The van der Waals surface area contributed by atoms with Gasteiger partial charge in [-0.2, -0.15) is 0 Å². The number of hydrogen-bond donors (Lipinski definition) is 2. The van der Waals surface area contributed by atoms with Crippen LogP contribution in [0.25, 0.3) is 0 Å². The summed E-state index contributed by atoms with van der Waals surface area (Å²) in [5.74, 6) is 0.645. The number of nitrogens with zero attached hydrogens (tertiary/aromatic N) is 1. The van der Waals surface area contributed by atoms with Crippen LogP contribution in [0.1, 0.15) is 80.4 Å². The van der Waals surface area contributed by atoms with Crippen LogP contribution in [0.15, 0.2) is 60.8 Å². The standard InChI is InChI=1S/C34H38ClFN2O3/c1-22(21-41-30-12-17-37-31-27(30)9-5-11-29(31)36)18-24-19-23-6-2-3-10-28(23)33(24)13-15-34(16-14-33,32(39)40)38-26-8-4-7-25(35)20-26/h2-4,6-8,10,12,17,20,22,24,29,38H,5,9,11,13-16,18-19,21H2,1H3,(H,39,40)/t22-,24?,29+,33?,34?/m1/s1. The molecule has 1 aromatic heterocycles. The summed E-state index contributed by atoms with van der Waals surface area (Å²) < 4.78 is 20.8. The number of carbonyl (C=O) groups is 1. The fourth-order valence-electron chi connectivity index (χ4n) is 7.74. The van der Waals surface area contributed by atoms with Crippen LogP contribution in [0, 0.1) is 11.8 Å². The zero-order valence-electron chi connectivity index (χ0n) is 23.5. The van der Waals surface area contributed by atoms with Crippen LogP contribution in [-0.2, 0) is 23.1 Å². The fourth-order valence-corrected chi connectivity index (χ4v) is 7.93. The Morgan fingerprint density at radius 2 is 1.98 bits per heavy atom. The number of rotatable bonds is 8. The third kappa shape index (κ3) is 5.31. The molecule has 0 amide bonds. The highest BCUT2D eigenvalue weighted by atomic mass is 35.5. The number of pyridine rings is 1. The molecule has 6 rings (SSSR count). The minimum atomic E-state index is -1.03. The molecule has 0 saturated heterocycles. The van der Waals surface area contributed by atoms with E-state index in [2.05, 4.69) is 41.5 Å². The van der Waals surface area contributed by atoms with Crippen LogP contribution in [-0.4, -0.2) is 28.2 Å². The van der Waals surface area contributed by atoms with Crippen LogP contribution < -0.4 is 10.1 Å². The van der Waals surface area contributed by atoms with Gasteiger partial charge in [0.2, 0.25) is 0 Å². The number of alkyl halides is 1. The van der Waals surface area contributed by atoms with Gasteiger partial charge < -0.3 is 15.2 Å². The molecule has 3 aliphatic rings. The molecule has 0 aliphatic heterocycles. The van der Waals surface area contributed by atoms with Gasteiger partial charge >= 0.3 is 5.97 Å². The highest BCUT2D eigenvalue weighted by Crippen LogP contribution is 2.56. The number of carboxylic acids is 1. The van der Waals surface area contributed by atoms with Crippen molar-refractivity contribution in [2.75, 3.05) is 11.9 Å². The summed E-state index contributed by atoms with van der Waals surface area (Å²) in [5, 5.41) is 14.3. The average molecular weight is 577 g/mol. The first-order chi connectivity index (χ1) is 19.8. The number of aliphatic carboxylic acids is 1. The summed E-state index contributed by atoms with van der Waals surface area (Å²) in [6, 6.07) is 17.9. The lowest BCUT2D eigenvalue weighted by atomic mass is 9.59. The number of nitrogens with one attached hydrogen (secondary N) is 1. The van der Waals surface area contributed by atoms with E-state index in [4.69, 9.17) is 16.3 Å². The monoisotopic (exact) mass is 576 g/mol. The molecule has 2 N–H and O–H groups in total. The summed E-state index contributed by atoms with van der Waals surface area (Å²) in [5.41, 5.74) is 3.89. The van der Waals surface area contributed by atoms with Crippen LogP contribution in [0.5, 0.6) is 5.75 Å².